The van der Waals surface area contributed by atoms with Crippen LogP contribution in [-0.2, 0) is 27.6 Å². The Kier molecular flexibility index (Phi) is 8.21. The molecule has 1 amide bonds. The standard InChI is InChI=1S/C21H28N4O3S/c1-4-22-21(24-15-18-6-5-7-19(14-18)25-16(2)26)23-13-12-17-8-10-20(11-9-17)29(3,27)28/h5-11,14H,4,12-13,15H2,1-3H3,(H,25,26)(H2,22,23,24). The monoisotopic (exact) mass is 416 g/mol. The van der Waals surface area contributed by atoms with Crippen molar-refractivity contribution >= 4 is 27.4 Å². The number of hydrogen-bond acceptors (Lipinski definition) is 4. The third-order valence-corrected chi connectivity index (χ3v) is 5.20. The van der Waals surface area contributed by atoms with E-state index in [0.717, 1.165) is 29.8 Å². The fourth-order valence-corrected chi connectivity index (χ4v) is 3.32. The lowest BCUT2D eigenvalue weighted by atomic mass is 10.1. The van der Waals surface area contributed by atoms with Crippen LogP contribution in [0.15, 0.2) is 58.4 Å². The lowest BCUT2D eigenvalue weighted by molar-refractivity contribution is -0.114. The van der Waals surface area contributed by atoms with E-state index in [0.29, 0.717) is 23.9 Å². The van der Waals surface area contributed by atoms with Gasteiger partial charge in [-0.1, -0.05) is 24.3 Å². The Labute approximate surface area is 172 Å². The van der Waals surface area contributed by atoms with Crippen LogP contribution in [0.4, 0.5) is 5.69 Å². The maximum absolute atomic E-state index is 11.5. The van der Waals surface area contributed by atoms with Gasteiger partial charge in [0, 0.05) is 32.0 Å². The third-order valence-electron chi connectivity index (χ3n) is 4.07. The number of rotatable bonds is 8. The summed E-state index contributed by atoms with van der Waals surface area (Å²) in [4.78, 5) is 16.1. The summed E-state index contributed by atoms with van der Waals surface area (Å²) in [7, 11) is -3.17. The van der Waals surface area contributed by atoms with E-state index in [9.17, 15) is 13.2 Å². The molecule has 3 N–H and O–H groups in total. The van der Waals surface area contributed by atoms with Gasteiger partial charge in [0.15, 0.2) is 15.8 Å². The van der Waals surface area contributed by atoms with Crippen LogP contribution < -0.4 is 16.0 Å². The SMILES string of the molecule is CCNC(=NCc1cccc(NC(C)=O)c1)NCCc1ccc(S(C)(=O)=O)cc1. The van der Waals surface area contributed by atoms with Crippen molar-refractivity contribution in [3.8, 4) is 0 Å². The fourth-order valence-electron chi connectivity index (χ4n) is 2.69. The number of hydrogen-bond donors (Lipinski definition) is 3. The molecule has 0 spiro atoms. The first-order valence-electron chi connectivity index (χ1n) is 9.45. The van der Waals surface area contributed by atoms with E-state index in [2.05, 4.69) is 20.9 Å². The van der Waals surface area contributed by atoms with Crippen LogP contribution in [0.25, 0.3) is 0 Å². The first kappa shape index (κ1) is 22.4. The average Bonchev–Trinajstić information content (AvgIpc) is 2.65. The summed E-state index contributed by atoms with van der Waals surface area (Å²) >= 11 is 0. The van der Waals surface area contributed by atoms with Crippen LogP contribution >= 0.6 is 0 Å². The molecular weight excluding hydrogens is 388 g/mol. The molecular formula is C21H28N4O3S. The van der Waals surface area contributed by atoms with Crippen LogP contribution in [0.2, 0.25) is 0 Å². The number of amides is 1. The summed E-state index contributed by atoms with van der Waals surface area (Å²) in [5.41, 5.74) is 2.79. The van der Waals surface area contributed by atoms with Crippen LogP contribution in [0.3, 0.4) is 0 Å². The summed E-state index contributed by atoms with van der Waals surface area (Å²) in [6.07, 6.45) is 1.95. The smallest absolute Gasteiger partial charge is 0.221 e. The molecule has 0 radical (unpaired) electrons. The lowest BCUT2D eigenvalue weighted by Crippen LogP contribution is -2.38. The Morgan fingerprint density at radius 1 is 1.03 bits per heavy atom. The van der Waals surface area contributed by atoms with Crippen LogP contribution in [-0.4, -0.2) is 39.6 Å². The van der Waals surface area contributed by atoms with Gasteiger partial charge in [-0.15, -0.1) is 0 Å². The van der Waals surface area contributed by atoms with Crippen molar-refractivity contribution in [1.82, 2.24) is 10.6 Å². The van der Waals surface area contributed by atoms with Crippen molar-refractivity contribution in [3.05, 3.63) is 59.7 Å². The quantitative estimate of drug-likeness (QED) is 0.453. The Morgan fingerprint density at radius 3 is 2.38 bits per heavy atom. The summed E-state index contributed by atoms with van der Waals surface area (Å²) < 4.78 is 23.0. The number of benzene rings is 2. The topological polar surface area (TPSA) is 99.7 Å². The van der Waals surface area contributed by atoms with Crippen molar-refractivity contribution in [2.45, 2.75) is 31.7 Å². The van der Waals surface area contributed by atoms with E-state index in [1.165, 1.54) is 13.2 Å². The van der Waals surface area contributed by atoms with Gasteiger partial charge in [0.05, 0.1) is 11.4 Å². The van der Waals surface area contributed by atoms with Crippen molar-refractivity contribution in [2.24, 2.45) is 4.99 Å². The highest BCUT2D eigenvalue weighted by atomic mass is 32.2. The van der Waals surface area contributed by atoms with Gasteiger partial charge in [-0.25, -0.2) is 13.4 Å². The zero-order valence-corrected chi connectivity index (χ0v) is 17.8. The molecule has 156 valence electrons. The van der Waals surface area contributed by atoms with Crippen molar-refractivity contribution in [2.75, 3.05) is 24.7 Å². The molecule has 0 atom stereocenters. The molecule has 0 bridgehead atoms. The highest BCUT2D eigenvalue weighted by Crippen LogP contribution is 2.12. The first-order chi connectivity index (χ1) is 13.8. The predicted molar refractivity (Wildman–Crippen MR) is 117 cm³/mol. The molecule has 8 heteroatoms. The zero-order valence-electron chi connectivity index (χ0n) is 17.0. The minimum absolute atomic E-state index is 0.106. The molecule has 0 aliphatic carbocycles. The third kappa shape index (κ3) is 7.95. The second-order valence-corrected chi connectivity index (χ2v) is 8.69. The predicted octanol–water partition coefficient (Wildman–Crippen LogP) is 2.35. The molecule has 0 aromatic heterocycles. The molecule has 7 nitrogen and oxygen atoms in total. The Balaban J connectivity index is 1.93. The molecule has 0 aliphatic rings. The van der Waals surface area contributed by atoms with Crippen LogP contribution in [0.1, 0.15) is 25.0 Å². The maximum atomic E-state index is 11.5. The van der Waals surface area contributed by atoms with Crippen molar-refractivity contribution in [3.63, 3.8) is 0 Å². The summed E-state index contributed by atoms with van der Waals surface area (Å²) in [6.45, 7) is 5.36. The molecule has 2 aromatic rings. The van der Waals surface area contributed by atoms with Gasteiger partial charge in [0.25, 0.3) is 0 Å². The Morgan fingerprint density at radius 2 is 1.76 bits per heavy atom. The van der Waals surface area contributed by atoms with Crippen molar-refractivity contribution in [1.29, 1.82) is 0 Å². The molecule has 0 unspecified atom stereocenters. The fraction of sp³-hybridized carbons (Fsp3) is 0.333. The van der Waals surface area contributed by atoms with E-state index >= 15 is 0 Å². The summed E-state index contributed by atoms with van der Waals surface area (Å²) in [5.74, 6) is 0.593. The number of nitrogens with one attached hydrogen (secondary N) is 3. The number of nitrogens with zero attached hydrogens (tertiary/aromatic N) is 1. The van der Waals surface area contributed by atoms with Gasteiger partial charge in [-0.05, 0) is 48.7 Å². The number of carbonyl (C=O) groups excluding carboxylic acids is 1. The number of anilines is 1. The van der Waals surface area contributed by atoms with Gasteiger partial charge >= 0.3 is 0 Å². The largest absolute Gasteiger partial charge is 0.357 e. The maximum Gasteiger partial charge on any atom is 0.221 e. The lowest BCUT2D eigenvalue weighted by Gasteiger charge is -2.12. The summed E-state index contributed by atoms with van der Waals surface area (Å²) in [5, 5.41) is 9.25. The number of aliphatic imine (C=N–C) groups is 1. The van der Waals surface area contributed by atoms with Gasteiger partial charge in [-0.3, -0.25) is 4.79 Å². The van der Waals surface area contributed by atoms with Crippen LogP contribution in [0, 0.1) is 0 Å². The van der Waals surface area contributed by atoms with Gasteiger partial charge in [0.2, 0.25) is 5.91 Å². The average molecular weight is 417 g/mol. The zero-order chi connectivity index (χ0) is 21.3. The molecule has 2 rings (SSSR count). The number of sulfone groups is 1. The molecule has 29 heavy (non-hydrogen) atoms. The van der Waals surface area contributed by atoms with Gasteiger partial charge in [0.1, 0.15) is 0 Å². The molecule has 0 saturated carbocycles. The molecule has 0 heterocycles. The highest BCUT2D eigenvalue weighted by Gasteiger charge is 2.06. The van der Waals surface area contributed by atoms with E-state index in [1.54, 1.807) is 12.1 Å². The molecule has 0 fully saturated rings. The number of carbonyl (C=O) groups is 1. The molecule has 0 saturated heterocycles. The second-order valence-electron chi connectivity index (χ2n) is 6.67. The Bertz CT molecular complexity index is 954. The van der Waals surface area contributed by atoms with Crippen LogP contribution in [0.5, 0.6) is 0 Å². The first-order valence-corrected chi connectivity index (χ1v) is 11.3. The van der Waals surface area contributed by atoms with E-state index in [1.807, 2.05) is 43.3 Å². The molecule has 2 aromatic carbocycles. The second kappa shape index (κ2) is 10.6. The molecule has 0 aliphatic heterocycles. The highest BCUT2D eigenvalue weighted by molar-refractivity contribution is 7.90. The van der Waals surface area contributed by atoms with Gasteiger partial charge in [-0.2, -0.15) is 0 Å². The minimum atomic E-state index is -3.17. The van der Waals surface area contributed by atoms with Gasteiger partial charge < -0.3 is 16.0 Å². The van der Waals surface area contributed by atoms with E-state index in [-0.39, 0.29) is 5.91 Å². The number of guanidine groups is 1. The normalized spacial score (nSPS) is 11.8. The van der Waals surface area contributed by atoms with E-state index < -0.39 is 9.84 Å². The summed E-state index contributed by atoms with van der Waals surface area (Å²) in [6, 6.07) is 14.5. The minimum Gasteiger partial charge on any atom is -0.357 e. The van der Waals surface area contributed by atoms with E-state index in [4.69, 9.17) is 0 Å². The Hall–Kier alpha value is -2.87. The van der Waals surface area contributed by atoms with Crippen molar-refractivity contribution < 1.29 is 13.2 Å².